The minimum absolute atomic E-state index is 0.182. The molecule has 0 aliphatic rings. The minimum Gasteiger partial charge on any atom is -0.478 e. The molecule has 0 saturated heterocycles. The van der Waals surface area contributed by atoms with Gasteiger partial charge >= 0.3 is 12.1 Å². The number of carboxylic acids is 1. The fourth-order valence-electron chi connectivity index (χ4n) is 1.96. The Labute approximate surface area is 123 Å². The molecule has 0 aliphatic heterocycles. The predicted octanol–water partition coefficient (Wildman–Crippen LogP) is 4.61. The monoisotopic (exact) mass is 310 g/mol. The summed E-state index contributed by atoms with van der Waals surface area (Å²) in [7, 11) is 0. The number of hydrogen-bond acceptors (Lipinski definition) is 1. The molecule has 0 aliphatic carbocycles. The Kier molecular flexibility index (Phi) is 4.30. The van der Waals surface area contributed by atoms with E-state index < -0.39 is 23.5 Å². The average Bonchev–Trinajstić information content (AvgIpc) is 2.44. The van der Waals surface area contributed by atoms with Crippen molar-refractivity contribution in [1.29, 1.82) is 0 Å². The largest absolute Gasteiger partial charge is 0.478 e. The maximum absolute atomic E-state index is 13.3. The van der Waals surface area contributed by atoms with Gasteiger partial charge in [0.1, 0.15) is 5.82 Å². The highest BCUT2D eigenvalue weighted by atomic mass is 19.4. The van der Waals surface area contributed by atoms with Gasteiger partial charge in [0.15, 0.2) is 0 Å². The van der Waals surface area contributed by atoms with Crippen molar-refractivity contribution in [3.05, 3.63) is 65.5 Å². The van der Waals surface area contributed by atoms with Gasteiger partial charge in [0.2, 0.25) is 0 Å². The van der Waals surface area contributed by atoms with Crippen LogP contribution in [0.5, 0.6) is 0 Å². The van der Waals surface area contributed by atoms with E-state index in [0.717, 1.165) is 36.4 Å². The first-order chi connectivity index (χ1) is 10.3. The molecular weight excluding hydrogens is 300 g/mol. The molecule has 0 fully saturated rings. The van der Waals surface area contributed by atoms with Gasteiger partial charge in [-0.2, -0.15) is 13.2 Å². The molecule has 0 saturated carbocycles. The SMILES string of the molecule is O=C(O)/C=C/c1cc(F)ccc1-c1cccc(C(F)(F)F)c1. The molecule has 0 bridgehead atoms. The zero-order valence-corrected chi connectivity index (χ0v) is 11.1. The summed E-state index contributed by atoms with van der Waals surface area (Å²) >= 11 is 0. The van der Waals surface area contributed by atoms with Gasteiger partial charge < -0.3 is 5.11 Å². The van der Waals surface area contributed by atoms with Crippen LogP contribution in [0, 0.1) is 5.82 Å². The quantitative estimate of drug-likeness (QED) is 0.664. The van der Waals surface area contributed by atoms with Gasteiger partial charge in [-0.25, -0.2) is 9.18 Å². The first-order valence-electron chi connectivity index (χ1n) is 6.15. The molecule has 1 N–H and O–H groups in total. The third-order valence-corrected chi connectivity index (χ3v) is 2.92. The van der Waals surface area contributed by atoms with E-state index in [1.165, 1.54) is 18.2 Å². The first-order valence-corrected chi connectivity index (χ1v) is 6.15. The highest BCUT2D eigenvalue weighted by molar-refractivity contribution is 5.87. The van der Waals surface area contributed by atoms with E-state index in [9.17, 15) is 22.4 Å². The van der Waals surface area contributed by atoms with E-state index >= 15 is 0 Å². The normalized spacial score (nSPS) is 11.8. The van der Waals surface area contributed by atoms with Crippen LogP contribution in [0.2, 0.25) is 0 Å². The van der Waals surface area contributed by atoms with Gasteiger partial charge in [-0.3, -0.25) is 0 Å². The number of benzene rings is 2. The van der Waals surface area contributed by atoms with Gasteiger partial charge in [0, 0.05) is 6.08 Å². The third kappa shape index (κ3) is 3.72. The van der Waals surface area contributed by atoms with Crippen molar-refractivity contribution in [2.45, 2.75) is 6.18 Å². The summed E-state index contributed by atoms with van der Waals surface area (Å²) in [5.74, 6) is -1.85. The highest BCUT2D eigenvalue weighted by Gasteiger charge is 2.30. The molecule has 114 valence electrons. The lowest BCUT2D eigenvalue weighted by Gasteiger charge is -2.11. The van der Waals surface area contributed by atoms with Crippen molar-refractivity contribution in [2.75, 3.05) is 0 Å². The molecule has 2 aromatic carbocycles. The maximum atomic E-state index is 13.3. The van der Waals surface area contributed by atoms with Crippen LogP contribution in [0.4, 0.5) is 17.6 Å². The van der Waals surface area contributed by atoms with Crippen LogP contribution >= 0.6 is 0 Å². The molecule has 0 amide bonds. The molecule has 2 nitrogen and oxygen atoms in total. The smallest absolute Gasteiger partial charge is 0.416 e. The van der Waals surface area contributed by atoms with Crippen molar-refractivity contribution in [3.63, 3.8) is 0 Å². The number of alkyl halides is 3. The summed E-state index contributed by atoms with van der Waals surface area (Å²) in [6, 6.07) is 8.03. The molecule has 0 radical (unpaired) electrons. The lowest BCUT2D eigenvalue weighted by molar-refractivity contribution is -0.137. The zero-order chi connectivity index (χ0) is 16.3. The van der Waals surface area contributed by atoms with E-state index in [0.29, 0.717) is 5.56 Å². The molecule has 22 heavy (non-hydrogen) atoms. The molecular formula is C16H10F4O2. The standard InChI is InChI=1S/C16H10F4O2/c17-13-5-6-14(11(9-13)4-7-15(21)22)10-2-1-3-12(8-10)16(18,19)20/h1-9H,(H,21,22)/b7-4+. The van der Waals surface area contributed by atoms with Crippen molar-refractivity contribution in [2.24, 2.45) is 0 Å². The number of carboxylic acid groups (broad SMARTS) is 1. The van der Waals surface area contributed by atoms with E-state index in [4.69, 9.17) is 5.11 Å². The summed E-state index contributed by atoms with van der Waals surface area (Å²) in [6.07, 6.45) is -2.56. The van der Waals surface area contributed by atoms with Crippen LogP contribution < -0.4 is 0 Å². The van der Waals surface area contributed by atoms with Crippen LogP contribution in [0.1, 0.15) is 11.1 Å². The fourth-order valence-corrected chi connectivity index (χ4v) is 1.96. The molecule has 0 spiro atoms. The average molecular weight is 310 g/mol. The first kappa shape index (κ1) is 15.8. The third-order valence-electron chi connectivity index (χ3n) is 2.92. The van der Waals surface area contributed by atoms with E-state index in [1.807, 2.05) is 0 Å². The Balaban J connectivity index is 2.55. The Morgan fingerprint density at radius 2 is 1.82 bits per heavy atom. The summed E-state index contributed by atoms with van der Waals surface area (Å²) < 4.78 is 51.5. The summed E-state index contributed by atoms with van der Waals surface area (Å²) in [5.41, 5.74) is -0.117. The van der Waals surface area contributed by atoms with Crippen LogP contribution in [-0.4, -0.2) is 11.1 Å². The van der Waals surface area contributed by atoms with Gasteiger partial charge in [-0.1, -0.05) is 18.2 Å². The second kappa shape index (κ2) is 6.01. The molecule has 0 heterocycles. The number of aliphatic carboxylic acids is 1. The number of halogens is 4. The minimum atomic E-state index is -4.49. The second-order valence-electron chi connectivity index (χ2n) is 4.48. The maximum Gasteiger partial charge on any atom is 0.416 e. The van der Waals surface area contributed by atoms with E-state index in [-0.39, 0.29) is 11.1 Å². The molecule has 0 atom stereocenters. The van der Waals surface area contributed by atoms with Crippen molar-refractivity contribution >= 4 is 12.0 Å². The predicted molar refractivity (Wildman–Crippen MR) is 73.5 cm³/mol. The van der Waals surface area contributed by atoms with Gasteiger partial charge in [-0.05, 0) is 47.0 Å². The Morgan fingerprint density at radius 1 is 1.09 bits per heavy atom. The molecule has 0 aromatic heterocycles. The van der Waals surface area contributed by atoms with Gasteiger partial charge in [0.25, 0.3) is 0 Å². The lowest BCUT2D eigenvalue weighted by Crippen LogP contribution is -2.04. The Hall–Kier alpha value is -2.63. The van der Waals surface area contributed by atoms with Crippen LogP contribution in [-0.2, 0) is 11.0 Å². The number of carbonyl (C=O) groups is 1. The van der Waals surface area contributed by atoms with Gasteiger partial charge in [-0.15, -0.1) is 0 Å². The lowest BCUT2D eigenvalue weighted by atomic mass is 9.97. The van der Waals surface area contributed by atoms with E-state index in [1.54, 1.807) is 0 Å². The van der Waals surface area contributed by atoms with Crippen molar-refractivity contribution < 1.29 is 27.5 Å². The fraction of sp³-hybridized carbons (Fsp3) is 0.0625. The Morgan fingerprint density at radius 3 is 2.45 bits per heavy atom. The van der Waals surface area contributed by atoms with Gasteiger partial charge in [0.05, 0.1) is 5.56 Å². The van der Waals surface area contributed by atoms with Crippen molar-refractivity contribution in [3.8, 4) is 11.1 Å². The number of rotatable bonds is 3. The van der Waals surface area contributed by atoms with Crippen LogP contribution in [0.3, 0.4) is 0 Å². The summed E-state index contributed by atoms with van der Waals surface area (Å²) in [6.45, 7) is 0. The highest BCUT2D eigenvalue weighted by Crippen LogP contribution is 2.33. The summed E-state index contributed by atoms with van der Waals surface area (Å²) in [5, 5.41) is 8.63. The topological polar surface area (TPSA) is 37.3 Å². The zero-order valence-electron chi connectivity index (χ0n) is 11.1. The Bertz CT molecular complexity index is 733. The molecule has 2 aromatic rings. The molecule has 0 unspecified atom stereocenters. The number of hydrogen-bond donors (Lipinski definition) is 1. The summed E-state index contributed by atoms with van der Waals surface area (Å²) in [4.78, 5) is 10.6. The molecule has 2 rings (SSSR count). The van der Waals surface area contributed by atoms with E-state index in [2.05, 4.69) is 0 Å². The van der Waals surface area contributed by atoms with Crippen LogP contribution in [0.15, 0.2) is 48.5 Å². The molecule has 6 heteroatoms. The second-order valence-corrected chi connectivity index (χ2v) is 4.48. The van der Waals surface area contributed by atoms with Crippen molar-refractivity contribution in [1.82, 2.24) is 0 Å². The van der Waals surface area contributed by atoms with Crippen LogP contribution in [0.25, 0.3) is 17.2 Å².